The van der Waals surface area contributed by atoms with Crippen LogP contribution in [0.4, 0.5) is 13.2 Å². The van der Waals surface area contributed by atoms with Crippen LogP contribution in [0.25, 0.3) is 0 Å². The van der Waals surface area contributed by atoms with Crippen LogP contribution in [-0.2, 0) is 11.0 Å². The summed E-state index contributed by atoms with van der Waals surface area (Å²) in [7, 11) is 1.54. The first-order chi connectivity index (χ1) is 11.7. The number of nitrogens with zero attached hydrogens (tertiary/aromatic N) is 1. The first kappa shape index (κ1) is 19.5. The molecule has 1 aliphatic carbocycles. The van der Waals surface area contributed by atoms with Gasteiger partial charge in [0, 0.05) is 19.6 Å². The number of benzene rings is 1. The first-order valence-electron chi connectivity index (χ1n) is 8.17. The minimum Gasteiger partial charge on any atom is -0.490 e. The minimum absolute atomic E-state index is 0.0315. The Kier molecular flexibility index (Phi) is 6.29. The molecule has 1 amide bonds. The summed E-state index contributed by atoms with van der Waals surface area (Å²) in [5, 5.41) is 10.0. The van der Waals surface area contributed by atoms with E-state index in [1.807, 2.05) is 0 Å². The molecule has 0 spiro atoms. The van der Waals surface area contributed by atoms with Gasteiger partial charge in [0.05, 0.1) is 11.5 Å². The molecule has 2 rings (SSSR count). The Morgan fingerprint density at radius 3 is 2.68 bits per heavy atom. The van der Waals surface area contributed by atoms with E-state index < -0.39 is 17.8 Å². The van der Waals surface area contributed by atoms with Gasteiger partial charge in [0.15, 0.2) is 0 Å². The molecule has 0 aromatic heterocycles. The van der Waals surface area contributed by atoms with Crippen LogP contribution in [0.5, 0.6) is 5.75 Å². The van der Waals surface area contributed by atoms with Crippen molar-refractivity contribution in [2.45, 2.75) is 37.6 Å². The molecule has 1 fully saturated rings. The van der Waals surface area contributed by atoms with Gasteiger partial charge < -0.3 is 20.5 Å². The zero-order valence-corrected chi connectivity index (χ0v) is 14.0. The average Bonchev–Trinajstić information content (AvgIpc) is 2.97. The maximum absolute atomic E-state index is 12.9. The van der Waals surface area contributed by atoms with Crippen molar-refractivity contribution in [3.05, 3.63) is 29.8 Å². The number of aliphatic hydroxyl groups excluding tert-OH is 1. The average molecular weight is 360 g/mol. The van der Waals surface area contributed by atoms with E-state index in [1.165, 1.54) is 23.1 Å². The number of alkyl halides is 3. The van der Waals surface area contributed by atoms with Gasteiger partial charge in [-0.1, -0.05) is 18.6 Å². The topological polar surface area (TPSA) is 75.8 Å². The second-order valence-electron chi connectivity index (χ2n) is 6.38. The number of aliphatic hydroxyl groups is 1. The minimum atomic E-state index is -4.53. The monoisotopic (exact) mass is 360 g/mol. The van der Waals surface area contributed by atoms with Gasteiger partial charge in [-0.15, -0.1) is 0 Å². The number of hydrogen-bond donors (Lipinski definition) is 2. The molecule has 0 saturated heterocycles. The van der Waals surface area contributed by atoms with Crippen molar-refractivity contribution in [1.29, 1.82) is 0 Å². The Hall–Kier alpha value is -1.80. The molecule has 3 N–H and O–H groups in total. The summed E-state index contributed by atoms with van der Waals surface area (Å²) in [4.78, 5) is 13.7. The number of likely N-dealkylation sites (N-methyl/N-ethyl adjacent to an activating group) is 1. The second kappa shape index (κ2) is 8.05. The van der Waals surface area contributed by atoms with Crippen LogP contribution in [0.15, 0.2) is 24.3 Å². The van der Waals surface area contributed by atoms with Crippen molar-refractivity contribution in [1.82, 2.24) is 4.90 Å². The highest BCUT2D eigenvalue weighted by atomic mass is 19.4. The molecule has 25 heavy (non-hydrogen) atoms. The van der Waals surface area contributed by atoms with E-state index in [4.69, 9.17) is 10.5 Å². The molecule has 0 heterocycles. The van der Waals surface area contributed by atoms with E-state index in [-0.39, 0.29) is 36.8 Å². The van der Waals surface area contributed by atoms with Crippen LogP contribution >= 0.6 is 0 Å². The summed E-state index contributed by atoms with van der Waals surface area (Å²) >= 11 is 0. The fourth-order valence-corrected chi connectivity index (χ4v) is 3.05. The molecule has 8 heteroatoms. The van der Waals surface area contributed by atoms with Crippen molar-refractivity contribution >= 4 is 5.91 Å². The number of halogens is 3. The summed E-state index contributed by atoms with van der Waals surface area (Å²) in [6.45, 7) is -0.377. The number of carbonyl (C=O) groups is 1. The Balaban J connectivity index is 1.89. The van der Waals surface area contributed by atoms with Crippen molar-refractivity contribution in [3.8, 4) is 5.75 Å². The SMILES string of the molecule is CN(C[C@H](O)COc1ccccc1C(F)(F)F)C(=O)[C@H]1CCC[C@@H]1N. The number of hydrogen-bond acceptors (Lipinski definition) is 4. The maximum atomic E-state index is 12.9. The standard InChI is InChI=1S/C17H23F3N2O3/c1-22(16(24)12-5-4-7-14(12)21)9-11(23)10-25-15-8-3-2-6-13(15)17(18,19)20/h2-3,6,8,11-12,14,23H,4-5,7,9-10,21H2,1H3/t11-,12-,14-/m0/s1. The third-order valence-electron chi connectivity index (χ3n) is 4.37. The van der Waals surface area contributed by atoms with E-state index in [1.54, 1.807) is 7.05 Å². The lowest BCUT2D eigenvalue weighted by atomic mass is 10.0. The van der Waals surface area contributed by atoms with E-state index >= 15 is 0 Å². The van der Waals surface area contributed by atoms with Crippen molar-refractivity contribution < 1.29 is 27.8 Å². The zero-order chi connectivity index (χ0) is 18.6. The number of para-hydroxylation sites is 1. The molecule has 0 bridgehead atoms. The van der Waals surface area contributed by atoms with Crippen LogP contribution < -0.4 is 10.5 Å². The highest BCUT2D eigenvalue weighted by molar-refractivity contribution is 5.79. The van der Waals surface area contributed by atoms with Crippen LogP contribution in [0.2, 0.25) is 0 Å². The number of rotatable bonds is 6. The molecule has 0 radical (unpaired) electrons. The largest absolute Gasteiger partial charge is 0.490 e. The Morgan fingerprint density at radius 1 is 1.40 bits per heavy atom. The molecule has 1 saturated carbocycles. The molecular formula is C17H23F3N2O3. The second-order valence-corrected chi connectivity index (χ2v) is 6.38. The molecule has 3 atom stereocenters. The van der Waals surface area contributed by atoms with Gasteiger partial charge in [0.1, 0.15) is 18.5 Å². The van der Waals surface area contributed by atoms with Crippen LogP contribution in [0, 0.1) is 5.92 Å². The van der Waals surface area contributed by atoms with Gasteiger partial charge in [-0.3, -0.25) is 4.79 Å². The van der Waals surface area contributed by atoms with E-state index in [0.29, 0.717) is 0 Å². The molecule has 5 nitrogen and oxygen atoms in total. The van der Waals surface area contributed by atoms with E-state index in [9.17, 15) is 23.1 Å². The van der Waals surface area contributed by atoms with Crippen molar-refractivity contribution in [3.63, 3.8) is 0 Å². The van der Waals surface area contributed by atoms with Crippen molar-refractivity contribution in [2.75, 3.05) is 20.2 Å². The number of carbonyl (C=O) groups excluding carboxylic acids is 1. The van der Waals surface area contributed by atoms with Gasteiger partial charge in [-0.2, -0.15) is 13.2 Å². The van der Waals surface area contributed by atoms with Crippen LogP contribution in [-0.4, -0.2) is 48.3 Å². The molecule has 140 valence electrons. The highest BCUT2D eigenvalue weighted by Crippen LogP contribution is 2.35. The smallest absolute Gasteiger partial charge is 0.419 e. The number of nitrogens with two attached hydrogens (primary N) is 1. The number of amides is 1. The third kappa shape index (κ3) is 5.09. The summed E-state index contributed by atoms with van der Waals surface area (Å²) in [5.74, 6) is -0.760. The van der Waals surface area contributed by atoms with Gasteiger partial charge in [-0.05, 0) is 25.0 Å². The Morgan fingerprint density at radius 2 is 2.08 bits per heavy atom. The van der Waals surface area contributed by atoms with Gasteiger partial charge in [-0.25, -0.2) is 0 Å². The predicted octanol–water partition coefficient (Wildman–Crippen LogP) is 2.03. The van der Waals surface area contributed by atoms with E-state index in [0.717, 1.165) is 25.3 Å². The summed E-state index contributed by atoms with van der Waals surface area (Å²) in [6, 6.07) is 4.63. The van der Waals surface area contributed by atoms with Gasteiger partial charge >= 0.3 is 6.18 Å². The quantitative estimate of drug-likeness (QED) is 0.814. The lowest BCUT2D eigenvalue weighted by molar-refractivity contribution is -0.139. The zero-order valence-electron chi connectivity index (χ0n) is 14.0. The molecule has 1 aromatic carbocycles. The summed E-state index contributed by atoms with van der Waals surface area (Å²) in [6.07, 6.45) is -3.23. The lowest BCUT2D eigenvalue weighted by Crippen LogP contribution is -2.43. The lowest BCUT2D eigenvalue weighted by Gasteiger charge is -2.25. The van der Waals surface area contributed by atoms with E-state index in [2.05, 4.69) is 0 Å². The molecule has 1 aromatic rings. The summed E-state index contributed by atoms with van der Waals surface area (Å²) < 4.78 is 43.8. The predicted molar refractivity (Wildman–Crippen MR) is 85.9 cm³/mol. The molecule has 0 unspecified atom stereocenters. The fourth-order valence-electron chi connectivity index (χ4n) is 3.05. The van der Waals surface area contributed by atoms with Gasteiger partial charge in [0.2, 0.25) is 5.91 Å². The fraction of sp³-hybridized carbons (Fsp3) is 0.588. The first-order valence-corrected chi connectivity index (χ1v) is 8.17. The van der Waals surface area contributed by atoms with Gasteiger partial charge in [0.25, 0.3) is 0 Å². The molecular weight excluding hydrogens is 337 g/mol. The third-order valence-corrected chi connectivity index (χ3v) is 4.37. The Bertz CT molecular complexity index is 595. The Labute approximate surface area is 144 Å². The van der Waals surface area contributed by atoms with Crippen LogP contribution in [0.3, 0.4) is 0 Å². The molecule has 1 aliphatic rings. The summed E-state index contributed by atoms with van der Waals surface area (Å²) in [5.41, 5.74) is 5.00. The highest BCUT2D eigenvalue weighted by Gasteiger charge is 2.35. The molecule has 0 aliphatic heterocycles. The van der Waals surface area contributed by atoms with Crippen LogP contribution in [0.1, 0.15) is 24.8 Å². The number of ether oxygens (including phenoxy) is 1. The normalized spacial score (nSPS) is 21.8. The van der Waals surface area contributed by atoms with Crippen molar-refractivity contribution in [2.24, 2.45) is 11.7 Å². The maximum Gasteiger partial charge on any atom is 0.419 e.